The molecule has 98 valence electrons. The van der Waals surface area contributed by atoms with Crippen LogP contribution in [0.15, 0.2) is 24.3 Å². The predicted octanol–water partition coefficient (Wildman–Crippen LogP) is 1.48. The fourth-order valence-electron chi connectivity index (χ4n) is 1.67. The van der Waals surface area contributed by atoms with Crippen molar-refractivity contribution in [2.45, 2.75) is 32.9 Å². The van der Waals surface area contributed by atoms with Gasteiger partial charge in [0.25, 0.3) is 0 Å². The fourth-order valence-corrected chi connectivity index (χ4v) is 1.67. The molecule has 0 fully saturated rings. The van der Waals surface area contributed by atoms with Gasteiger partial charge in [0.05, 0.1) is 0 Å². The molecule has 1 rings (SSSR count). The lowest BCUT2D eigenvalue weighted by molar-refractivity contribution is -0.156. The SMILES string of the molecule is CC(=O)N(Cc1ccccc1N)C(C)(C)C(=O)O. The summed E-state index contributed by atoms with van der Waals surface area (Å²) in [7, 11) is 0. The van der Waals surface area contributed by atoms with E-state index >= 15 is 0 Å². The number of carboxylic acid groups (broad SMARTS) is 1. The number of anilines is 1. The summed E-state index contributed by atoms with van der Waals surface area (Å²) in [5, 5.41) is 9.18. The van der Waals surface area contributed by atoms with Crippen molar-refractivity contribution in [3.63, 3.8) is 0 Å². The molecule has 5 heteroatoms. The van der Waals surface area contributed by atoms with Crippen molar-refractivity contribution >= 4 is 17.6 Å². The van der Waals surface area contributed by atoms with Gasteiger partial charge in [-0.15, -0.1) is 0 Å². The van der Waals surface area contributed by atoms with Crippen molar-refractivity contribution < 1.29 is 14.7 Å². The van der Waals surface area contributed by atoms with Gasteiger partial charge in [-0.05, 0) is 25.5 Å². The number of benzene rings is 1. The molecule has 0 aromatic heterocycles. The molecular weight excluding hydrogens is 232 g/mol. The molecule has 0 saturated heterocycles. The van der Waals surface area contributed by atoms with Crippen LogP contribution in [0.25, 0.3) is 0 Å². The fraction of sp³-hybridized carbons (Fsp3) is 0.385. The lowest BCUT2D eigenvalue weighted by atomic mass is 10.0. The van der Waals surface area contributed by atoms with E-state index in [-0.39, 0.29) is 12.5 Å². The highest BCUT2D eigenvalue weighted by atomic mass is 16.4. The van der Waals surface area contributed by atoms with Crippen LogP contribution in [0.1, 0.15) is 26.3 Å². The van der Waals surface area contributed by atoms with Gasteiger partial charge < -0.3 is 15.7 Å². The van der Waals surface area contributed by atoms with Gasteiger partial charge in [0.2, 0.25) is 5.91 Å². The zero-order valence-electron chi connectivity index (χ0n) is 10.8. The number of hydrogen-bond acceptors (Lipinski definition) is 3. The molecule has 0 atom stereocenters. The van der Waals surface area contributed by atoms with Gasteiger partial charge in [0.1, 0.15) is 5.54 Å². The molecular formula is C13H18N2O3. The molecule has 0 bridgehead atoms. The Morgan fingerprint density at radius 1 is 1.33 bits per heavy atom. The van der Waals surface area contributed by atoms with Crippen molar-refractivity contribution in [1.29, 1.82) is 0 Å². The molecule has 1 aromatic carbocycles. The van der Waals surface area contributed by atoms with Crippen LogP contribution in [-0.2, 0) is 16.1 Å². The molecule has 18 heavy (non-hydrogen) atoms. The number of carbonyl (C=O) groups excluding carboxylic acids is 1. The normalized spacial score (nSPS) is 11.1. The molecule has 0 aliphatic rings. The maximum atomic E-state index is 11.6. The highest BCUT2D eigenvalue weighted by molar-refractivity contribution is 5.85. The lowest BCUT2D eigenvalue weighted by Gasteiger charge is -2.34. The third kappa shape index (κ3) is 2.80. The van der Waals surface area contributed by atoms with Crippen molar-refractivity contribution in [3.8, 4) is 0 Å². The third-order valence-electron chi connectivity index (χ3n) is 2.96. The van der Waals surface area contributed by atoms with Crippen LogP contribution in [0.4, 0.5) is 5.69 Å². The summed E-state index contributed by atoms with van der Waals surface area (Å²) in [6.45, 7) is 4.52. The van der Waals surface area contributed by atoms with E-state index in [0.29, 0.717) is 5.69 Å². The van der Waals surface area contributed by atoms with E-state index in [9.17, 15) is 14.7 Å². The lowest BCUT2D eigenvalue weighted by Crippen LogP contribution is -2.51. The Labute approximate surface area is 106 Å². The van der Waals surface area contributed by atoms with Crippen LogP contribution in [0, 0.1) is 0 Å². The van der Waals surface area contributed by atoms with Crippen LogP contribution in [0.3, 0.4) is 0 Å². The maximum absolute atomic E-state index is 11.6. The zero-order valence-corrected chi connectivity index (χ0v) is 10.8. The minimum atomic E-state index is -1.27. The Balaban J connectivity index is 3.06. The summed E-state index contributed by atoms with van der Waals surface area (Å²) in [6.07, 6.45) is 0. The molecule has 0 saturated carbocycles. The molecule has 1 aromatic rings. The van der Waals surface area contributed by atoms with E-state index in [2.05, 4.69) is 0 Å². The van der Waals surface area contributed by atoms with Crippen LogP contribution in [-0.4, -0.2) is 27.4 Å². The van der Waals surface area contributed by atoms with Crippen LogP contribution in [0.2, 0.25) is 0 Å². The largest absolute Gasteiger partial charge is 0.480 e. The number of nitrogens with zero attached hydrogens (tertiary/aromatic N) is 1. The average molecular weight is 250 g/mol. The predicted molar refractivity (Wildman–Crippen MR) is 68.8 cm³/mol. The molecule has 0 heterocycles. The molecule has 0 spiro atoms. The van der Waals surface area contributed by atoms with E-state index in [1.54, 1.807) is 24.3 Å². The number of aliphatic carboxylic acids is 1. The number of rotatable bonds is 4. The minimum absolute atomic E-state index is 0.182. The van der Waals surface area contributed by atoms with Crippen molar-refractivity contribution in [3.05, 3.63) is 29.8 Å². The van der Waals surface area contributed by atoms with Crippen LogP contribution < -0.4 is 5.73 Å². The highest BCUT2D eigenvalue weighted by Gasteiger charge is 2.36. The standard InChI is InChI=1S/C13H18N2O3/c1-9(16)15(13(2,3)12(17)18)8-10-6-4-5-7-11(10)14/h4-7H,8,14H2,1-3H3,(H,17,18). The second-order valence-electron chi connectivity index (χ2n) is 4.67. The van der Waals surface area contributed by atoms with Gasteiger partial charge in [-0.25, -0.2) is 4.79 Å². The number of para-hydroxylation sites is 1. The summed E-state index contributed by atoms with van der Waals surface area (Å²) >= 11 is 0. The number of nitrogen functional groups attached to an aromatic ring is 1. The summed E-state index contributed by atoms with van der Waals surface area (Å²) in [4.78, 5) is 24.1. The third-order valence-corrected chi connectivity index (χ3v) is 2.96. The topological polar surface area (TPSA) is 83.6 Å². The Morgan fingerprint density at radius 3 is 2.33 bits per heavy atom. The van der Waals surface area contributed by atoms with Gasteiger partial charge in [-0.3, -0.25) is 4.79 Å². The summed E-state index contributed by atoms with van der Waals surface area (Å²) in [5.41, 5.74) is 5.82. The Hall–Kier alpha value is -2.04. The van der Waals surface area contributed by atoms with Gasteiger partial charge >= 0.3 is 5.97 Å². The molecule has 5 nitrogen and oxygen atoms in total. The first-order valence-corrected chi connectivity index (χ1v) is 5.61. The average Bonchev–Trinajstić information content (AvgIpc) is 2.26. The van der Waals surface area contributed by atoms with Crippen molar-refractivity contribution in [2.24, 2.45) is 0 Å². The Morgan fingerprint density at radius 2 is 1.89 bits per heavy atom. The van der Waals surface area contributed by atoms with E-state index < -0.39 is 11.5 Å². The van der Waals surface area contributed by atoms with Gasteiger partial charge in [0.15, 0.2) is 0 Å². The summed E-state index contributed by atoms with van der Waals surface area (Å²) < 4.78 is 0. The molecule has 0 aliphatic carbocycles. The number of hydrogen-bond donors (Lipinski definition) is 2. The number of amides is 1. The molecule has 0 aliphatic heterocycles. The number of carboxylic acids is 1. The van der Waals surface area contributed by atoms with Crippen molar-refractivity contribution in [2.75, 3.05) is 5.73 Å². The van der Waals surface area contributed by atoms with E-state index in [0.717, 1.165) is 5.56 Å². The first-order chi connectivity index (χ1) is 8.26. The van der Waals surface area contributed by atoms with E-state index in [4.69, 9.17) is 5.73 Å². The second kappa shape index (κ2) is 5.08. The monoisotopic (exact) mass is 250 g/mol. The Kier molecular flexibility index (Phi) is 3.96. The first kappa shape index (κ1) is 14.0. The minimum Gasteiger partial charge on any atom is -0.480 e. The van der Waals surface area contributed by atoms with E-state index in [1.165, 1.54) is 25.7 Å². The van der Waals surface area contributed by atoms with Crippen LogP contribution >= 0.6 is 0 Å². The molecule has 0 unspecified atom stereocenters. The van der Waals surface area contributed by atoms with Gasteiger partial charge in [0, 0.05) is 19.2 Å². The van der Waals surface area contributed by atoms with Gasteiger partial charge in [-0.2, -0.15) is 0 Å². The molecule has 1 amide bonds. The van der Waals surface area contributed by atoms with Crippen molar-refractivity contribution in [1.82, 2.24) is 4.90 Å². The molecule has 0 radical (unpaired) electrons. The smallest absolute Gasteiger partial charge is 0.329 e. The highest BCUT2D eigenvalue weighted by Crippen LogP contribution is 2.21. The summed E-state index contributed by atoms with van der Waals surface area (Å²) in [6, 6.07) is 7.10. The summed E-state index contributed by atoms with van der Waals surface area (Å²) in [5.74, 6) is -1.35. The Bertz CT molecular complexity index is 469. The molecule has 3 N–H and O–H groups in total. The second-order valence-corrected chi connectivity index (χ2v) is 4.67. The zero-order chi connectivity index (χ0) is 13.9. The van der Waals surface area contributed by atoms with E-state index in [1.807, 2.05) is 0 Å². The van der Waals surface area contributed by atoms with Gasteiger partial charge in [-0.1, -0.05) is 18.2 Å². The quantitative estimate of drug-likeness (QED) is 0.793. The number of carbonyl (C=O) groups is 2. The number of nitrogens with two attached hydrogens (primary N) is 1. The maximum Gasteiger partial charge on any atom is 0.329 e. The first-order valence-electron chi connectivity index (χ1n) is 5.61. The van der Waals surface area contributed by atoms with Crippen LogP contribution in [0.5, 0.6) is 0 Å².